The number of carbonyl (C=O) groups excluding carboxylic acids is 1. The molecule has 23 heavy (non-hydrogen) atoms. The molecule has 6 heteroatoms. The highest BCUT2D eigenvalue weighted by Gasteiger charge is 2.21. The SMILES string of the molecule is C=CCOCC(NC(=O)CC(C)c1cccc(OC)c1)C(=O)O. The molecule has 1 aromatic carbocycles. The predicted octanol–water partition coefficient (Wildman–Crippen LogP) is 1.96. The highest BCUT2D eigenvalue weighted by atomic mass is 16.5. The molecule has 2 unspecified atom stereocenters. The van der Waals surface area contributed by atoms with Crippen LogP contribution in [0.15, 0.2) is 36.9 Å². The van der Waals surface area contributed by atoms with Crippen molar-refractivity contribution in [2.24, 2.45) is 0 Å². The van der Waals surface area contributed by atoms with Crippen LogP contribution in [0.25, 0.3) is 0 Å². The van der Waals surface area contributed by atoms with E-state index in [0.717, 1.165) is 11.3 Å². The van der Waals surface area contributed by atoms with E-state index < -0.39 is 12.0 Å². The molecule has 1 amide bonds. The Kier molecular flexibility index (Phi) is 7.83. The zero-order chi connectivity index (χ0) is 17.2. The molecule has 0 saturated carbocycles. The van der Waals surface area contributed by atoms with Gasteiger partial charge < -0.3 is 19.9 Å². The predicted molar refractivity (Wildman–Crippen MR) is 86.6 cm³/mol. The monoisotopic (exact) mass is 321 g/mol. The van der Waals surface area contributed by atoms with E-state index in [1.807, 2.05) is 31.2 Å². The molecule has 0 heterocycles. The summed E-state index contributed by atoms with van der Waals surface area (Å²) in [6, 6.07) is 6.38. The molecule has 1 rings (SSSR count). The molecule has 0 aliphatic heterocycles. The first-order valence-electron chi connectivity index (χ1n) is 7.32. The number of aliphatic carboxylic acids is 1. The fourth-order valence-electron chi connectivity index (χ4n) is 2.04. The van der Waals surface area contributed by atoms with Crippen LogP contribution in [-0.2, 0) is 14.3 Å². The minimum Gasteiger partial charge on any atom is -0.497 e. The van der Waals surface area contributed by atoms with Crippen LogP contribution in [0.2, 0.25) is 0 Å². The summed E-state index contributed by atoms with van der Waals surface area (Å²) < 4.78 is 10.3. The number of carbonyl (C=O) groups is 2. The Balaban J connectivity index is 2.58. The van der Waals surface area contributed by atoms with E-state index in [1.165, 1.54) is 6.08 Å². The van der Waals surface area contributed by atoms with Crippen molar-refractivity contribution in [3.63, 3.8) is 0 Å². The van der Waals surface area contributed by atoms with Gasteiger partial charge in [0.2, 0.25) is 5.91 Å². The quantitative estimate of drug-likeness (QED) is 0.508. The summed E-state index contributed by atoms with van der Waals surface area (Å²) in [5.41, 5.74) is 0.953. The number of benzene rings is 1. The van der Waals surface area contributed by atoms with Crippen LogP contribution < -0.4 is 10.1 Å². The van der Waals surface area contributed by atoms with Gasteiger partial charge in [0, 0.05) is 6.42 Å². The Bertz CT molecular complexity index is 544. The van der Waals surface area contributed by atoms with Crippen molar-refractivity contribution in [3.05, 3.63) is 42.5 Å². The van der Waals surface area contributed by atoms with Crippen LogP contribution in [0.4, 0.5) is 0 Å². The van der Waals surface area contributed by atoms with Crippen molar-refractivity contribution >= 4 is 11.9 Å². The normalized spacial score (nSPS) is 13.0. The van der Waals surface area contributed by atoms with E-state index >= 15 is 0 Å². The lowest BCUT2D eigenvalue weighted by Gasteiger charge is -2.17. The molecule has 0 fully saturated rings. The Morgan fingerprint density at radius 3 is 2.78 bits per heavy atom. The fourth-order valence-corrected chi connectivity index (χ4v) is 2.04. The first kappa shape index (κ1) is 18.7. The highest BCUT2D eigenvalue weighted by Crippen LogP contribution is 2.23. The molecule has 6 nitrogen and oxygen atoms in total. The number of hydrogen-bond donors (Lipinski definition) is 2. The largest absolute Gasteiger partial charge is 0.497 e. The summed E-state index contributed by atoms with van der Waals surface area (Å²) in [6.07, 6.45) is 1.70. The summed E-state index contributed by atoms with van der Waals surface area (Å²) in [5.74, 6) is -0.809. The summed E-state index contributed by atoms with van der Waals surface area (Å²) in [4.78, 5) is 23.2. The van der Waals surface area contributed by atoms with E-state index in [2.05, 4.69) is 11.9 Å². The lowest BCUT2D eigenvalue weighted by Crippen LogP contribution is -2.44. The minimum atomic E-state index is -1.13. The van der Waals surface area contributed by atoms with Gasteiger partial charge in [-0.2, -0.15) is 0 Å². The average molecular weight is 321 g/mol. The molecule has 2 atom stereocenters. The van der Waals surface area contributed by atoms with Gasteiger partial charge in [0.25, 0.3) is 0 Å². The van der Waals surface area contributed by atoms with Crippen molar-refractivity contribution < 1.29 is 24.2 Å². The number of carboxylic acid groups (broad SMARTS) is 1. The van der Waals surface area contributed by atoms with Crippen molar-refractivity contribution in [2.45, 2.75) is 25.3 Å². The number of carboxylic acids is 1. The standard InChI is InChI=1S/C17H23NO5/c1-4-8-23-11-15(17(20)21)18-16(19)9-12(2)13-6-5-7-14(10-13)22-3/h4-7,10,12,15H,1,8-9,11H2,2-3H3,(H,18,19)(H,20,21). The molecule has 0 aliphatic rings. The first-order valence-corrected chi connectivity index (χ1v) is 7.32. The van der Waals surface area contributed by atoms with Crippen LogP contribution in [-0.4, -0.2) is 43.3 Å². The van der Waals surface area contributed by atoms with Gasteiger partial charge in [-0.15, -0.1) is 6.58 Å². The number of rotatable bonds is 10. The summed E-state index contributed by atoms with van der Waals surface area (Å²) >= 11 is 0. The lowest BCUT2D eigenvalue weighted by atomic mass is 9.97. The van der Waals surface area contributed by atoms with Gasteiger partial charge in [0.1, 0.15) is 5.75 Å². The second-order valence-electron chi connectivity index (χ2n) is 5.17. The Labute approximate surface area is 136 Å². The molecule has 0 spiro atoms. The smallest absolute Gasteiger partial charge is 0.328 e. The van der Waals surface area contributed by atoms with Gasteiger partial charge in [-0.25, -0.2) is 4.79 Å². The van der Waals surface area contributed by atoms with Gasteiger partial charge in [-0.1, -0.05) is 25.1 Å². The van der Waals surface area contributed by atoms with Gasteiger partial charge in [-0.3, -0.25) is 4.79 Å². The maximum Gasteiger partial charge on any atom is 0.328 e. The number of methoxy groups -OCH3 is 1. The number of amides is 1. The molecular weight excluding hydrogens is 298 g/mol. The van der Waals surface area contributed by atoms with Crippen molar-refractivity contribution in [1.82, 2.24) is 5.32 Å². The van der Waals surface area contributed by atoms with E-state index in [4.69, 9.17) is 14.6 Å². The summed E-state index contributed by atoms with van der Waals surface area (Å²) in [5, 5.41) is 11.6. The third-order valence-electron chi connectivity index (χ3n) is 3.31. The van der Waals surface area contributed by atoms with E-state index in [0.29, 0.717) is 0 Å². The van der Waals surface area contributed by atoms with Crippen LogP contribution in [0.3, 0.4) is 0 Å². The van der Waals surface area contributed by atoms with Crippen LogP contribution in [0.1, 0.15) is 24.8 Å². The lowest BCUT2D eigenvalue weighted by molar-refractivity contribution is -0.143. The maximum atomic E-state index is 12.0. The number of nitrogens with one attached hydrogen (secondary N) is 1. The third kappa shape index (κ3) is 6.52. The highest BCUT2D eigenvalue weighted by molar-refractivity contribution is 5.84. The van der Waals surface area contributed by atoms with E-state index in [-0.39, 0.29) is 31.5 Å². The van der Waals surface area contributed by atoms with Gasteiger partial charge in [0.05, 0.1) is 20.3 Å². The minimum absolute atomic E-state index is 0.0614. The van der Waals surface area contributed by atoms with Gasteiger partial charge >= 0.3 is 5.97 Å². The maximum absolute atomic E-state index is 12.0. The van der Waals surface area contributed by atoms with E-state index in [1.54, 1.807) is 7.11 Å². The Hall–Kier alpha value is -2.34. The molecule has 0 aromatic heterocycles. The molecular formula is C17H23NO5. The van der Waals surface area contributed by atoms with Crippen LogP contribution in [0.5, 0.6) is 5.75 Å². The van der Waals surface area contributed by atoms with Crippen molar-refractivity contribution in [3.8, 4) is 5.75 Å². The van der Waals surface area contributed by atoms with Gasteiger partial charge in [-0.05, 0) is 23.6 Å². The zero-order valence-corrected chi connectivity index (χ0v) is 13.5. The number of hydrogen-bond acceptors (Lipinski definition) is 4. The second-order valence-corrected chi connectivity index (χ2v) is 5.17. The molecule has 0 bridgehead atoms. The Morgan fingerprint density at radius 2 is 2.17 bits per heavy atom. The first-order chi connectivity index (χ1) is 11.0. The summed E-state index contributed by atoms with van der Waals surface area (Å²) in [6.45, 7) is 5.52. The summed E-state index contributed by atoms with van der Waals surface area (Å²) in [7, 11) is 1.58. The Morgan fingerprint density at radius 1 is 1.43 bits per heavy atom. The zero-order valence-electron chi connectivity index (χ0n) is 13.5. The molecule has 0 aliphatic carbocycles. The molecule has 0 saturated heterocycles. The topological polar surface area (TPSA) is 84.9 Å². The third-order valence-corrected chi connectivity index (χ3v) is 3.31. The molecule has 126 valence electrons. The molecule has 2 N–H and O–H groups in total. The van der Waals surface area contributed by atoms with Crippen LogP contribution in [0, 0.1) is 0 Å². The van der Waals surface area contributed by atoms with Crippen LogP contribution >= 0.6 is 0 Å². The molecule has 0 radical (unpaired) electrons. The number of ether oxygens (including phenoxy) is 2. The molecule has 1 aromatic rings. The van der Waals surface area contributed by atoms with Crippen molar-refractivity contribution in [2.75, 3.05) is 20.3 Å². The van der Waals surface area contributed by atoms with Crippen molar-refractivity contribution in [1.29, 1.82) is 0 Å². The van der Waals surface area contributed by atoms with E-state index in [9.17, 15) is 9.59 Å². The fraction of sp³-hybridized carbons (Fsp3) is 0.412. The van der Waals surface area contributed by atoms with Gasteiger partial charge in [0.15, 0.2) is 6.04 Å². The second kappa shape index (κ2) is 9.63. The average Bonchev–Trinajstić information content (AvgIpc) is 2.53.